The van der Waals surface area contributed by atoms with Crippen molar-refractivity contribution < 1.29 is 9.84 Å². The quantitative estimate of drug-likeness (QED) is 0.812. The molecule has 0 bridgehead atoms. The molecule has 1 unspecified atom stereocenters. The molecule has 106 valence electrons. The van der Waals surface area contributed by atoms with Crippen LogP contribution in [-0.4, -0.2) is 18.5 Å². The van der Waals surface area contributed by atoms with Crippen LogP contribution in [0.1, 0.15) is 23.7 Å². The third-order valence-corrected chi connectivity index (χ3v) is 4.11. The Balaban J connectivity index is 1.91. The number of rotatable bonds is 6. The predicted molar refractivity (Wildman–Crippen MR) is 84.5 cm³/mol. The lowest BCUT2D eigenvalue weighted by Gasteiger charge is -2.11. The van der Waals surface area contributed by atoms with Crippen LogP contribution in [0.5, 0.6) is 5.75 Å². The molecular weight excluding hydrogens is 268 g/mol. The van der Waals surface area contributed by atoms with Crippen molar-refractivity contribution in [2.24, 2.45) is 0 Å². The van der Waals surface area contributed by atoms with Crippen LogP contribution in [-0.2, 0) is 6.42 Å². The van der Waals surface area contributed by atoms with Gasteiger partial charge < -0.3 is 9.84 Å². The Hall–Kier alpha value is -1.45. The molecule has 0 aliphatic carbocycles. The summed E-state index contributed by atoms with van der Waals surface area (Å²) in [6.07, 6.45) is 3.23. The first-order chi connectivity index (χ1) is 9.72. The maximum absolute atomic E-state index is 10.2. The standard InChI is InChI=1S/C17H20O2S/c1-19-15-8-3-13(4-9-15)5-12-17(18)14-6-10-16(20-2)11-7-14/h3-4,6-11,17-18H,5,12H2,1-2H3. The molecule has 1 N–H and O–H groups in total. The molecule has 20 heavy (non-hydrogen) atoms. The van der Waals surface area contributed by atoms with Crippen molar-refractivity contribution in [2.75, 3.05) is 13.4 Å². The van der Waals surface area contributed by atoms with Crippen molar-refractivity contribution >= 4 is 11.8 Å². The van der Waals surface area contributed by atoms with Gasteiger partial charge in [0.1, 0.15) is 5.75 Å². The van der Waals surface area contributed by atoms with E-state index in [0.29, 0.717) is 0 Å². The molecule has 3 heteroatoms. The average Bonchev–Trinajstić information content (AvgIpc) is 2.53. The molecule has 2 nitrogen and oxygen atoms in total. The van der Waals surface area contributed by atoms with E-state index in [1.807, 2.05) is 36.4 Å². The van der Waals surface area contributed by atoms with E-state index in [-0.39, 0.29) is 0 Å². The number of thioether (sulfide) groups is 1. The maximum atomic E-state index is 10.2. The highest BCUT2D eigenvalue weighted by atomic mass is 32.2. The third-order valence-electron chi connectivity index (χ3n) is 3.37. The molecule has 0 heterocycles. The summed E-state index contributed by atoms with van der Waals surface area (Å²) in [5, 5.41) is 10.2. The highest BCUT2D eigenvalue weighted by Crippen LogP contribution is 2.23. The summed E-state index contributed by atoms with van der Waals surface area (Å²) < 4.78 is 5.13. The van der Waals surface area contributed by atoms with Gasteiger partial charge in [0.15, 0.2) is 0 Å². The number of hydrogen-bond acceptors (Lipinski definition) is 3. The van der Waals surface area contributed by atoms with Crippen LogP contribution in [0.4, 0.5) is 0 Å². The summed E-state index contributed by atoms with van der Waals surface area (Å²) in [7, 11) is 1.66. The number of aryl methyl sites for hydroxylation is 1. The summed E-state index contributed by atoms with van der Waals surface area (Å²) in [6.45, 7) is 0. The second-order valence-corrected chi connectivity index (χ2v) is 5.56. The van der Waals surface area contributed by atoms with E-state index in [1.54, 1.807) is 18.9 Å². The minimum atomic E-state index is -0.409. The topological polar surface area (TPSA) is 29.5 Å². The molecule has 0 saturated carbocycles. The molecule has 0 aromatic heterocycles. The Labute approximate surface area is 124 Å². The van der Waals surface area contributed by atoms with Crippen LogP contribution in [0.15, 0.2) is 53.4 Å². The number of methoxy groups -OCH3 is 1. The Morgan fingerprint density at radius 3 is 2.25 bits per heavy atom. The molecule has 2 rings (SSSR count). The van der Waals surface area contributed by atoms with Gasteiger partial charge in [-0.2, -0.15) is 0 Å². The van der Waals surface area contributed by atoms with Crippen molar-refractivity contribution in [1.29, 1.82) is 0 Å². The largest absolute Gasteiger partial charge is 0.497 e. The summed E-state index contributed by atoms with van der Waals surface area (Å²) >= 11 is 1.71. The number of ether oxygens (including phenoxy) is 1. The third kappa shape index (κ3) is 4.02. The van der Waals surface area contributed by atoms with Crippen LogP contribution in [0.25, 0.3) is 0 Å². The van der Waals surface area contributed by atoms with Crippen LogP contribution >= 0.6 is 11.8 Å². The van der Waals surface area contributed by atoms with Gasteiger partial charge in [-0.1, -0.05) is 24.3 Å². The summed E-state index contributed by atoms with van der Waals surface area (Å²) in [5.41, 5.74) is 2.20. The highest BCUT2D eigenvalue weighted by molar-refractivity contribution is 7.98. The molecule has 0 saturated heterocycles. The zero-order valence-corrected chi connectivity index (χ0v) is 12.7. The Bertz CT molecular complexity index is 520. The smallest absolute Gasteiger partial charge is 0.118 e. The lowest BCUT2D eigenvalue weighted by atomic mass is 10.0. The zero-order chi connectivity index (χ0) is 14.4. The Morgan fingerprint density at radius 1 is 1.05 bits per heavy atom. The highest BCUT2D eigenvalue weighted by Gasteiger charge is 2.07. The minimum absolute atomic E-state index is 0.409. The second-order valence-electron chi connectivity index (χ2n) is 4.68. The first kappa shape index (κ1) is 14.9. The van der Waals surface area contributed by atoms with E-state index in [0.717, 1.165) is 24.2 Å². The number of benzene rings is 2. The lowest BCUT2D eigenvalue weighted by Crippen LogP contribution is -1.99. The molecule has 0 spiro atoms. The van der Waals surface area contributed by atoms with Crippen molar-refractivity contribution in [2.45, 2.75) is 23.8 Å². The fraction of sp³-hybridized carbons (Fsp3) is 0.294. The second kappa shape index (κ2) is 7.36. The van der Waals surface area contributed by atoms with E-state index in [9.17, 15) is 5.11 Å². The molecule has 0 fully saturated rings. The van der Waals surface area contributed by atoms with Crippen molar-refractivity contribution in [3.63, 3.8) is 0 Å². The van der Waals surface area contributed by atoms with Crippen LogP contribution in [0.2, 0.25) is 0 Å². The van der Waals surface area contributed by atoms with Crippen LogP contribution in [0.3, 0.4) is 0 Å². The normalized spacial score (nSPS) is 12.2. The molecule has 0 aliphatic heterocycles. The van der Waals surface area contributed by atoms with Crippen molar-refractivity contribution in [3.05, 3.63) is 59.7 Å². The maximum Gasteiger partial charge on any atom is 0.118 e. The van der Waals surface area contributed by atoms with Gasteiger partial charge in [-0.25, -0.2) is 0 Å². The molecular formula is C17H20O2S. The Morgan fingerprint density at radius 2 is 1.70 bits per heavy atom. The van der Waals surface area contributed by atoms with Gasteiger partial charge in [0.2, 0.25) is 0 Å². The number of aliphatic hydroxyl groups is 1. The summed E-state index contributed by atoms with van der Waals surface area (Å²) in [5.74, 6) is 0.863. The van der Waals surface area contributed by atoms with Crippen molar-refractivity contribution in [3.8, 4) is 5.75 Å². The fourth-order valence-electron chi connectivity index (χ4n) is 2.09. The van der Waals surface area contributed by atoms with Gasteiger partial charge in [-0.15, -0.1) is 11.8 Å². The molecule has 2 aromatic rings. The number of aliphatic hydroxyl groups excluding tert-OH is 1. The molecule has 2 aromatic carbocycles. The van der Waals surface area contributed by atoms with Gasteiger partial charge in [0, 0.05) is 4.90 Å². The summed E-state index contributed by atoms with van der Waals surface area (Å²) in [6, 6.07) is 16.1. The van der Waals surface area contributed by atoms with E-state index in [4.69, 9.17) is 4.74 Å². The Kier molecular flexibility index (Phi) is 5.50. The van der Waals surface area contributed by atoms with Crippen LogP contribution in [0, 0.1) is 0 Å². The van der Waals surface area contributed by atoms with E-state index in [1.165, 1.54) is 10.5 Å². The zero-order valence-electron chi connectivity index (χ0n) is 11.9. The minimum Gasteiger partial charge on any atom is -0.497 e. The molecule has 0 amide bonds. The molecule has 0 aliphatic rings. The molecule has 0 radical (unpaired) electrons. The average molecular weight is 288 g/mol. The van der Waals surface area contributed by atoms with Crippen LogP contribution < -0.4 is 4.74 Å². The fourth-order valence-corrected chi connectivity index (χ4v) is 2.50. The van der Waals surface area contributed by atoms with Gasteiger partial charge in [-0.05, 0) is 54.5 Å². The first-order valence-electron chi connectivity index (χ1n) is 6.68. The van der Waals surface area contributed by atoms with E-state index in [2.05, 4.69) is 18.4 Å². The molecule has 1 atom stereocenters. The summed E-state index contributed by atoms with van der Waals surface area (Å²) in [4.78, 5) is 1.22. The van der Waals surface area contributed by atoms with E-state index < -0.39 is 6.10 Å². The van der Waals surface area contributed by atoms with Gasteiger partial charge in [0.05, 0.1) is 13.2 Å². The SMILES string of the molecule is COc1ccc(CCC(O)c2ccc(SC)cc2)cc1. The van der Waals surface area contributed by atoms with E-state index >= 15 is 0 Å². The first-order valence-corrected chi connectivity index (χ1v) is 7.90. The van der Waals surface area contributed by atoms with Crippen molar-refractivity contribution in [1.82, 2.24) is 0 Å². The lowest BCUT2D eigenvalue weighted by molar-refractivity contribution is 0.168. The van der Waals surface area contributed by atoms with Gasteiger partial charge >= 0.3 is 0 Å². The predicted octanol–water partition coefficient (Wildman–Crippen LogP) is 4.08. The number of hydrogen-bond donors (Lipinski definition) is 1. The van der Waals surface area contributed by atoms with Gasteiger partial charge in [0.25, 0.3) is 0 Å². The monoisotopic (exact) mass is 288 g/mol. The van der Waals surface area contributed by atoms with Gasteiger partial charge in [-0.3, -0.25) is 0 Å².